The van der Waals surface area contributed by atoms with E-state index in [9.17, 15) is 4.79 Å². The fourth-order valence-corrected chi connectivity index (χ4v) is 2.91. The van der Waals surface area contributed by atoms with E-state index in [1.54, 1.807) is 14.2 Å². The van der Waals surface area contributed by atoms with Gasteiger partial charge in [0.1, 0.15) is 18.1 Å². The maximum absolute atomic E-state index is 11.9. The molecular formula is C20H24N2O4. The summed E-state index contributed by atoms with van der Waals surface area (Å²) in [5, 5.41) is 6.33. The summed E-state index contributed by atoms with van der Waals surface area (Å²) in [5.74, 6) is 1.48. The molecule has 0 unspecified atom stereocenters. The summed E-state index contributed by atoms with van der Waals surface area (Å²) in [7, 11) is 3.26. The SMILES string of the molecule is COc1cc(NC2CC(NC(=O)OCc3ccccc3)C2)cc(OC)c1. The summed E-state index contributed by atoms with van der Waals surface area (Å²) in [6, 6.07) is 15.8. The minimum atomic E-state index is -0.375. The number of hydrogen-bond donors (Lipinski definition) is 2. The van der Waals surface area contributed by atoms with E-state index in [-0.39, 0.29) is 18.7 Å². The zero-order chi connectivity index (χ0) is 18.4. The topological polar surface area (TPSA) is 68.8 Å². The molecule has 138 valence electrons. The van der Waals surface area contributed by atoms with E-state index in [1.165, 1.54) is 0 Å². The number of carbonyl (C=O) groups excluding carboxylic acids is 1. The van der Waals surface area contributed by atoms with Crippen LogP contribution in [0.15, 0.2) is 48.5 Å². The molecule has 2 N–H and O–H groups in total. The van der Waals surface area contributed by atoms with Crippen molar-refractivity contribution in [2.75, 3.05) is 19.5 Å². The van der Waals surface area contributed by atoms with E-state index in [2.05, 4.69) is 10.6 Å². The summed E-state index contributed by atoms with van der Waals surface area (Å²) >= 11 is 0. The van der Waals surface area contributed by atoms with Gasteiger partial charge in [-0.1, -0.05) is 30.3 Å². The van der Waals surface area contributed by atoms with Gasteiger partial charge in [-0.15, -0.1) is 0 Å². The molecule has 1 saturated carbocycles. The first-order valence-electron chi connectivity index (χ1n) is 8.63. The van der Waals surface area contributed by atoms with Crippen LogP contribution in [0.25, 0.3) is 0 Å². The van der Waals surface area contributed by atoms with Crippen molar-refractivity contribution in [3.05, 3.63) is 54.1 Å². The molecule has 0 aliphatic heterocycles. The molecule has 0 saturated heterocycles. The quantitative estimate of drug-likeness (QED) is 0.794. The number of benzene rings is 2. The van der Waals surface area contributed by atoms with Gasteiger partial charge in [0.15, 0.2) is 0 Å². The molecule has 1 amide bonds. The highest BCUT2D eigenvalue weighted by Crippen LogP contribution is 2.30. The minimum Gasteiger partial charge on any atom is -0.497 e. The van der Waals surface area contributed by atoms with E-state index in [0.29, 0.717) is 6.04 Å². The van der Waals surface area contributed by atoms with E-state index in [4.69, 9.17) is 14.2 Å². The molecule has 6 heteroatoms. The van der Waals surface area contributed by atoms with Gasteiger partial charge in [0, 0.05) is 36.0 Å². The molecule has 2 aromatic carbocycles. The number of carbonyl (C=O) groups is 1. The first-order valence-corrected chi connectivity index (χ1v) is 8.63. The van der Waals surface area contributed by atoms with Gasteiger partial charge >= 0.3 is 6.09 Å². The third-order valence-electron chi connectivity index (χ3n) is 4.40. The van der Waals surface area contributed by atoms with Gasteiger partial charge < -0.3 is 24.8 Å². The molecule has 0 aromatic heterocycles. The van der Waals surface area contributed by atoms with Crippen LogP contribution in [0.5, 0.6) is 11.5 Å². The molecule has 2 aromatic rings. The molecule has 3 rings (SSSR count). The molecule has 26 heavy (non-hydrogen) atoms. The van der Waals surface area contributed by atoms with Crippen LogP contribution in [-0.2, 0) is 11.3 Å². The Labute approximate surface area is 153 Å². The normalized spacial score (nSPS) is 18.4. The van der Waals surface area contributed by atoms with Crippen LogP contribution >= 0.6 is 0 Å². The van der Waals surface area contributed by atoms with E-state index in [0.717, 1.165) is 35.6 Å². The Morgan fingerprint density at radius 2 is 1.65 bits per heavy atom. The van der Waals surface area contributed by atoms with Gasteiger partial charge in [-0.3, -0.25) is 0 Å². The fourth-order valence-electron chi connectivity index (χ4n) is 2.91. The second-order valence-corrected chi connectivity index (χ2v) is 6.32. The van der Waals surface area contributed by atoms with Gasteiger partial charge in [-0.2, -0.15) is 0 Å². The lowest BCUT2D eigenvalue weighted by molar-refractivity contribution is 0.129. The number of alkyl carbamates (subject to hydrolysis) is 1. The number of methoxy groups -OCH3 is 2. The minimum absolute atomic E-state index is 0.128. The van der Waals surface area contributed by atoms with Crippen LogP contribution in [0, 0.1) is 0 Å². The average molecular weight is 356 g/mol. The number of amides is 1. The van der Waals surface area contributed by atoms with Gasteiger partial charge in [0.25, 0.3) is 0 Å². The van der Waals surface area contributed by atoms with Crippen molar-refractivity contribution in [2.24, 2.45) is 0 Å². The summed E-state index contributed by atoms with van der Waals surface area (Å²) in [6.45, 7) is 0.282. The third-order valence-corrected chi connectivity index (χ3v) is 4.40. The largest absolute Gasteiger partial charge is 0.497 e. The summed E-state index contributed by atoms with van der Waals surface area (Å²) in [6.07, 6.45) is 1.32. The maximum Gasteiger partial charge on any atom is 0.407 e. The zero-order valence-corrected chi connectivity index (χ0v) is 15.0. The number of ether oxygens (including phenoxy) is 3. The van der Waals surface area contributed by atoms with Crippen molar-refractivity contribution in [2.45, 2.75) is 31.5 Å². The van der Waals surface area contributed by atoms with E-state index >= 15 is 0 Å². The molecule has 0 radical (unpaired) electrons. The molecule has 1 aliphatic carbocycles. The Morgan fingerprint density at radius 1 is 1.00 bits per heavy atom. The molecule has 0 heterocycles. The molecule has 0 spiro atoms. The second-order valence-electron chi connectivity index (χ2n) is 6.32. The Morgan fingerprint density at radius 3 is 2.27 bits per heavy atom. The highest BCUT2D eigenvalue weighted by Gasteiger charge is 2.30. The Hall–Kier alpha value is -2.89. The number of anilines is 1. The molecule has 0 bridgehead atoms. The van der Waals surface area contributed by atoms with Gasteiger partial charge in [0.05, 0.1) is 14.2 Å². The van der Waals surface area contributed by atoms with Gasteiger partial charge in [0.2, 0.25) is 0 Å². The molecule has 0 atom stereocenters. The van der Waals surface area contributed by atoms with Crippen LogP contribution in [0.4, 0.5) is 10.5 Å². The predicted molar refractivity (Wildman–Crippen MR) is 99.7 cm³/mol. The Kier molecular flexibility index (Phi) is 5.84. The standard InChI is InChI=1S/C20H24N2O4/c1-24-18-10-17(11-19(12-18)25-2)21-15-8-16(9-15)22-20(23)26-13-14-6-4-3-5-7-14/h3-7,10-12,15-16,21H,8-9,13H2,1-2H3,(H,22,23). The van der Waals surface area contributed by atoms with Crippen molar-refractivity contribution in [1.82, 2.24) is 5.32 Å². The summed E-state index contributed by atoms with van der Waals surface area (Å²) in [4.78, 5) is 11.9. The van der Waals surface area contributed by atoms with Crippen molar-refractivity contribution in [3.8, 4) is 11.5 Å². The highest BCUT2D eigenvalue weighted by molar-refractivity contribution is 5.68. The second kappa shape index (κ2) is 8.47. The lowest BCUT2D eigenvalue weighted by Crippen LogP contribution is -2.49. The number of nitrogens with one attached hydrogen (secondary N) is 2. The maximum atomic E-state index is 11.9. The van der Waals surface area contributed by atoms with Crippen molar-refractivity contribution >= 4 is 11.8 Å². The predicted octanol–water partition coefficient (Wildman–Crippen LogP) is 3.57. The number of rotatable bonds is 7. The van der Waals surface area contributed by atoms with Crippen LogP contribution in [0.1, 0.15) is 18.4 Å². The highest BCUT2D eigenvalue weighted by atomic mass is 16.5. The smallest absolute Gasteiger partial charge is 0.407 e. The third kappa shape index (κ3) is 4.81. The Balaban J connectivity index is 1.41. The van der Waals surface area contributed by atoms with Crippen LogP contribution in [-0.4, -0.2) is 32.4 Å². The molecule has 1 fully saturated rings. The summed E-state index contributed by atoms with van der Waals surface area (Å²) in [5.41, 5.74) is 1.92. The van der Waals surface area contributed by atoms with Crippen LogP contribution < -0.4 is 20.1 Å². The van der Waals surface area contributed by atoms with E-state index in [1.807, 2.05) is 48.5 Å². The lowest BCUT2D eigenvalue weighted by Gasteiger charge is -2.36. The summed E-state index contributed by atoms with van der Waals surface area (Å²) < 4.78 is 15.8. The van der Waals surface area contributed by atoms with Crippen molar-refractivity contribution in [3.63, 3.8) is 0 Å². The first-order chi connectivity index (χ1) is 12.7. The van der Waals surface area contributed by atoms with Crippen molar-refractivity contribution < 1.29 is 19.0 Å². The Bertz CT molecular complexity index is 708. The van der Waals surface area contributed by atoms with Gasteiger partial charge in [-0.05, 0) is 18.4 Å². The van der Waals surface area contributed by atoms with E-state index < -0.39 is 0 Å². The zero-order valence-electron chi connectivity index (χ0n) is 15.0. The van der Waals surface area contributed by atoms with Crippen LogP contribution in [0.3, 0.4) is 0 Å². The van der Waals surface area contributed by atoms with Crippen LogP contribution in [0.2, 0.25) is 0 Å². The molecule has 1 aliphatic rings. The monoisotopic (exact) mass is 356 g/mol. The molecule has 6 nitrogen and oxygen atoms in total. The fraction of sp³-hybridized carbons (Fsp3) is 0.350. The van der Waals surface area contributed by atoms with Crippen molar-refractivity contribution in [1.29, 1.82) is 0 Å². The van der Waals surface area contributed by atoms with Gasteiger partial charge in [-0.25, -0.2) is 4.79 Å². The number of hydrogen-bond acceptors (Lipinski definition) is 5. The average Bonchev–Trinajstić information content (AvgIpc) is 2.65. The first kappa shape index (κ1) is 17.9. The lowest BCUT2D eigenvalue weighted by atomic mass is 9.86. The molecular weight excluding hydrogens is 332 g/mol.